The van der Waals surface area contributed by atoms with Gasteiger partial charge >= 0.3 is 0 Å². The number of amides is 1. The fraction of sp³-hybridized carbons (Fsp3) is 0.250. The number of carbonyl (C=O) groups excluding carboxylic acids is 1. The molecule has 0 saturated heterocycles. The molecule has 4 aromatic rings. The zero-order valence-corrected chi connectivity index (χ0v) is 18.3. The average molecular weight is 431 g/mol. The molecular weight excluding hydrogens is 406 g/mol. The molecular formula is C24H25N5O3. The standard InChI is InChI=1S/C24H25N5O3/c1-4-17-5-9-19(10-6-17)21-13-22-24(31)28(26-16(2)29(22)27-21)15-23(30)25-14-18-7-11-20(32-3)12-8-18/h5-13H,4,14-15H2,1-3H3,(H,25,30). The summed E-state index contributed by atoms with van der Waals surface area (Å²) in [6.45, 7) is 4.04. The van der Waals surface area contributed by atoms with Gasteiger partial charge in [-0.1, -0.05) is 43.3 Å². The fourth-order valence-electron chi connectivity index (χ4n) is 3.47. The van der Waals surface area contributed by atoms with E-state index < -0.39 is 0 Å². The van der Waals surface area contributed by atoms with Crippen LogP contribution in [0.4, 0.5) is 0 Å². The van der Waals surface area contributed by atoms with Crippen molar-refractivity contribution in [2.75, 3.05) is 7.11 Å². The van der Waals surface area contributed by atoms with E-state index in [0.717, 1.165) is 23.3 Å². The lowest BCUT2D eigenvalue weighted by Gasteiger charge is -2.09. The molecule has 164 valence electrons. The van der Waals surface area contributed by atoms with Gasteiger partial charge in [-0.15, -0.1) is 0 Å². The molecule has 0 saturated carbocycles. The molecule has 0 aliphatic heterocycles. The number of ether oxygens (including phenoxy) is 1. The molecule has 8 heteroatoms. The minimum Gasteiger partial charge on any atom is -0.497 e. The number of nitrogens with one attached hydrogen (secondary N) is 1. The highest BCUT2D eigenvalue weighted by Crippen LogP contribution is 2.19. The first kappa shape index (κ1) is 21.3. The van der Waals surface area contributed by atoms with Gasteiger partial charge in [-0.3, -0.25) is 9.59 Å². The first-order chi connectivity index (χ1) is 15.5. The van der Waals surface area contributed by atoms with Gasteiger partial charge in [0.15, 0.2) is 0 Å². The van der Waals surface area contributed by atoms with Crippen LogP contribution in [0.1, 0.15) is 23.9 Å². The predicted molar refractivity (Wildman–Crippen MR) is 122 cm³/mol. The highest BCUT2D eigenvalue weighted by molar-refractivity contribution is 5.75. The normalized spacial score (nSPS) is 11.0. The van der Waals surface area contributed by atoms with E-state index in [1.165, 1.54) is 14.8 Å². The molecule has 1 amide bonds. The summed E-state index contributed by atoms with van der Waals surface area (Å²) in [7, 11) is 1.60. The highest BCUT2D eigenvalue weighted by Gasteiger charge is 2.15. The predicted octanol–water partition coefficient (Wildman–Crippen LogP) is 2.75. The first-order valence-electron chi connectivity index (χ1n) is 10.4. The zero-order chi connectivity index (χ0) is 22.7. The summed E-state index contributed by atoms with van der Waals surface area (Å²) in [5.41, 5.74) is 3.80. The Kier molecular flexibility index (Phi) is 6.02. The Morgan fingerprint density at radius 1 is 1.03 bits per heavy atom. The van der Waals surface area contributed by atoms with E-state index >= 15 is 0 Å². The van der Waals surface area contributed by atoms with E-state index in [1.54, 1.807) is 20.1 Å². The number of rotatable bonds is 7. The van der Waals surface area contributed by atoms with Crippen LogP contribution in [0.5, 0.6) is 5.75 Å². The maximum absolute atomic E-state index is 13.0. The average Bonchev–Trinajstić information content (AvgIpc) is 3.28. The summed E-state index contributed by atoms with van der Waals surface area (Å²) >= 11 is 0. The largest absolute Gasteiger partial charge is 0.497 e. The summed E-state index contributed by atoms with van der Waals surface area (Å²) in [6.07, 6.45) is 0.958. The van der Waals surface area contributed by atoms with Crippen molar-refractivity contribution in [2.45, 2.75) is 33.4 Å². The summed E-state index contributed by atoms with van der Waals surface area (Å²) in [5, 5.41) is 11.6. The molecule has 0 radical (unpaired) electrons. The van der Waals surface area contributed by atoms with Gasteiger partial charge in [0.2, 0.25) is 5.91 Å². The second-order valence-corrected chi connectivity index (χ2v) is 7.51. The molecule has 0 atom stereocenters. The summed E-state index contributed by atoms with van der Waals surface area (Å²) in [6, 6.07) is 17.2. The third-order valence-electron chi connectivity index (χ3n) is 5.33. The fourth-order valence-corrected chi connectivity index (χ4v) is 3.47. The monoisotopic (exact) mass is 431 g/mol. The van der Waals surface area contributed by atoms with E-state index in [2.05, 4.69) is 34.6 Å². The number of nitrogens with zero attached hydrogens (tertiary/aromatic N) is 4. The Labute approximate surface area is 185 Å². The van der Waals surface area contributed by atoms with E-state index in [-0.39, 0.29) is 18.0 Å². The van der Waals surface area contributed by atoms with Gasteiger partial charge in [0.25, 0.3) is 5.56 Å². The number of fused-ring (bicyclic) bond motifs is 1. The van der Waals surface area contributed by atoms with Crippen molar-refractivity contribution < 1.29 is 9.53 Å². The van der Waals surface area contributed by atoms with E-state index in [9.17, 15) is 9.59 Å². The SMILES string of the molecule is CCc1ccc(-c2cc3c(=O)n(CC(=O)NCc4ccc(OC)cc4)nc(C)n3n2)cc1. The van der Waals surface area contributed by atoms with Crippen molar-refractivity contribution in [3.63, 3.8) is 0 Å². The molecule has 2 aromatic heterocycles. The van der Waals surface area contributed by atoms with Crippen LogP contribution >= 0.6 is 0 Å². The number of hydrogen-bond acceptors (Lipinski definition) is 5. The molecule has 2 heterocycles. The second-order valence-electron chi connectivity index (χ2n) is 7.51. The van der Waals surface area contributed by atoms with Crippen LogP contribution in [0.25, 0.3) is 16.8 Å². The maximum atomic E-state index is 13.0. The van der Waals surface area contributed by atoms with E-state index in [4.69, 9.17) is 4.74 Å². The lowest BCUT2D eigenvalue weighted by Crippen LogP contribution is -2.34. The number of aromatic nitrogens is 4. The van der Waals surface area contributed by atoms with Crippen LogP contribution in [0.15, 0.2) is 59.4 Å². The van der Waals surface area contributed by atoms with Crippen LogP contribution in [-0.4, -0.2) is 32.4 Å². The van der Waals surface area contributed by atoms with Crippen LogP contribution < -0.4 is 15.6 Å². The Morgan fingerprint density at radius 3 is 2.38 bits per heavy atom. The van der Waals surface area contributed by atoms with E-state index in [1.807, 2.05) is 36.4 Å². The number of carbonyl (C=O) groups is 1. The topological polar surface area (TPSA) is 90.5 Å². The molecule has 0 bridgehead atoms. The quantitative estimate of drug-likeness (QED) is 0.486. The van der Waals surface area contributed by atoms with Crippen molar-refractivity contribution in [2.24, 2.45) is 0 Å². The van der Waals surface area contributed by atoms with Crippen molar-refractivity contribution in [1.29, 1.82) is 0 Å². The third kappa shape index (κ3) is 4.39. The number of methoxy groups -OCH3 is 1. The molecule has 4 rings (SSSR count). The Morgan fingerprint density at radius 2 is 1.72 bits per heavy atom. The smallest absolute Gasteiger partial charge is 0.293 e. The molecule has 0 unspecified atom stereocenters. The minimum atomic E-state index is -0.362. The molecule has 0 aliphatic rings. The maximum Gasteiger partial charge on any atom is 0.293 e. The lowest BCUT2D eigenvalue weighted by atomic mass is 10.1. The molecule has 0 aliphatic carbocycles. The molecule has 0 fully saturated rings. The highest BCUT2D eigenvalue weighted by atomic mass is 16.5. The van der Waals surface area contributed by atoms with Gasteiger partial charge in [-0.2, -0.15) is 10.2 Å². The third-order valence-corrected chi connectivity index (χ3v) is 5.33. The molecule has 0 spiro atoms. The van der Waals surface area contributed by atoms with Crippen LogP contribution in [0.2, 0.25) is 0 Å². The van der Waals surface area contributed by atoms with E-state index in [0.29, 0.717) is 23.6 Å². The van der Waals surface area contributed by atoms with Gasteiger partial charge in [0.05, 0.1) is 12.8 Å². The van der Waals surface area contributed by atoms with Gasteiger partial charge in [-0.05, 0) is 42.7 Å². The Bertz CT molecular complexity index is 1300. The number of aryl methyl sites for hydroxylation is 2. The molecule has 1 N–H and O–H groups in total. The summed E-state index contributed by atoms with van der Waals surface area (Å²) in [4.78, 5) is 25.4. The van der Waals surface area contributed by atoms with Crippen molar-refractivity contribution >= 4 is 11.4 Å². The Hall–Kier alpha value is -3.94. The zero-order valence-electron chi connectivity index (χ0n) is 18.3. The molecule has 32 heavy (non-hydrogen) atoms. The minimum absolute atomic E-state index is 0.169. The number of hydrogen-bond donors (Lipinski definition) is 1. The van der Waals surface area contributed by atoms with Crippen molar-refractivity contribution in [3.8, 4) is 17.0 Å². The lowest BCUT2D eigenvalue weighted by molar-refractivity contribution is -0.122. The van der Waals surface area contributed by atoms with Crippen LogP contribution in [-0.2, 0) is 24.3 Å². The van der Waals surface area contributed by atoms with Gasteiger partial charge < -0.3 is 10.1 Å². The van der Waals surface area contributed by atoms with Crippen LogP contribution in [0, 0.1) is 6.92 Å². The van der Waals surface area contributed by atoms with Crippen molar-refractivity contribution in [1.82, 2.24) is 24.7 Å². The summed E-state index contributed by atoms with van der Waals surface area (Å²) < 4.78 is 7.84. The summed E-state index contributed by atoms with van der Waals surface area (Å²) in [5.74, 6) is 0.981. The molecule has 2 aromatic carbocycles. The van der Waals surface area contributed by atoms with Gasteiger partial charge in [-0.25, -0.2) is 9.20 Å². The molecule has 8 nitrogen and oxygen atoms in total. The van der Waals surface area contributed by atoms with Crippen LogP contribution in [0.3, 0.4) is 0 Å². The van der Waals surface area contributed by atoms with Gasteiger partial charge in [0, 0.05) is 12.1 Å². The van der Waals surface area contributed by atoms with Crippen molar-refractivity contribution in [3.05, 3.63) is 81.9 Å². The number of benzene rings is 2. The second kappa shape index (κ2) is 9.05. The first-order valence-corrected chi connectivity index (χ1v) is 10.4. The van der Waals surface area contributed by atoms with Gasteiger partial charge in [0.1, 0.15) is 23.6 Å². The Balaban J connectivity index is 1.52.